The van der Waals surface area contributed by atoms with Crippen LogP contribution in [0.5, 0.6) is 0 Å². The van der Waals surface area contributed by atoms with Crippen LogP contribution in [0.15, 0.2) is 30.7 Å². The maximum atomic E-state index is 13.0. The normalized spacial score (nSPS) is 17.2. The molecule has 0 saturated carbocycles. The lowest BCUT2D eigenvalue weighted by molar-refractivity contribution is -0.121. The molecule has 0 radical (unpaired) electrons. The van der Waals surface area contributed by atoms with Crippen LogP contribution in [0, 0.1) is 0 Å². The predicted octanol–water partition coefficient (Wildman–Crippen LogP) is 0.766. The molecule has 1 fully saturated rings. The Morgan fingerprint density at radius 2 is 1.97 bits per heavy atom. The van der Waals surface area contributed by atoms with Crippen LogP contribution in [-0.2, 0) is 16.0 Å². The van der Waals surface area contributed by atoms with Gasteiger partial charge in [-0.25, -0.2) is 9.97 Å². The van der Waals surface area contributed by atoms with Gasteiger partial charge in [-0.1, -0.05) is 0 Å². The minimum absolute atomic E-state index is 0.0575. The molecule has 0 bridgehead atoms. The summed E-state index contributed by atoms with van der Waals surface area (Å²) in [6, 6.07) is 3.69. The molecule has 1 N–H and O–H groups in total. The van der Waals surface area contributed by atoms with Gasteiger partial charge in [0.05, 0.1) is 31.0 Å². The third-order valence-electron chi connectivity index (χ3n) is 5.58. The molecule has 31 heavy (non-hydrogen) atoms. The third kappa shape index (κ3) is 5.62. The molecule has 2 aliphatic heterocycles. The van der Waals surface area contributed by atoms with Crippen molar-refractivity contribution in [1.82, 2.24) is 30.1 Å². The minimum Gasteiger partial charge on any atom is -0.379 e. The second-order valence-corrected chi connectivity index (χ2v) is 7.78. The number of fused-ring (bicyclic) bond motifs is 1. The largest absolute Gasteiger partial charge is 0.379 e. The average Bonchev–Trinajstić information content (AvgIpc) is 2.96. The summed E-state index contributed by atoms with van der Waals surface area (Å²) in [6.07, 6.45) is 7.29. The molecule has 2 aromatic rings. The fourth-order valence-electron chi connectivity index (χ4n) is 3.87. The number of nitrogens with one attached hydrogen (secondary N) is 1. The van der Waals surface area contributed by atoms with E-state index >= 15 is 0 Å². The summed E-state index contributed by atoms with van der Waals surface area (Å²) in [7, 11) is 0. The van der Waals surface area contributed by atoms with Crippen molar-refractivity contribution in [1.29, 1.82) is 0 Å². The monoisotopic (exact) mass is 424 g/mol. The van der Waals surface area contributed by atoms with Gasteiger partial charge in [-0.2, -0.15) is 0 Å². The second kappa shape index (κ2) is 10.4. The number of amides is 2. The van der Waals surface area contributed by atoms with E-state index in [1.165, 1.54) is 0 Å². The van der Waals surface area contributed by atoms with Crippen LogP contribution >= 0.6 is 0 Å². The van der Waals surface area contributed by atoms with Gasteiger partial charge < -0.3 is 15.0 Å². The lowest BCUT2D eigenvalue weighted by Crippen LogP contribution is -2.42. The van der Waals surface area contributed by atoms with Crippen LogP contribution in [0.4, 0.5) is 0 Å². The van der Waals surface area contributed by atoms with Crippen molar-refractivity contribution in [2.75, 3.05) is 52.5 Å². The number of carbonyl (C=O) groups is 2. The Morgan fingerprint density at radius 1 is 1.16 bits per heavy atom. The van der Waals surface area contributed by atoms with E-state index in [0.717, 1.165) is 56.9 Å². The van der Waals surface area contributed by atoms with E-state index in [2.05, 4.69) is 25.2 Å². The molecule has 2 aromatic heterocycles. The van der Waals surface area contributed by atoms with Crippen LogP contribution in [0.3, 0.4) is 0 Å². The van der Waals surface area contributed by atoms with E-state index in [9.17, 15) is 9.59 Å². The number of morpholine rings is 1. The van der Waals surface area contributed by atoms with Crippen molar-refractivity contribution in [3.8, 4) is 11.4 Å². The maximum absolute atomic E-state index is 13.0. The van der Waals surface area contributed by atoms with Crippen LogP contribution in [0.2, 0.25) is 0 Å². The molecule has 9 heteroatoms. The lowest BCUT2D eigenvalue weighted by Gasteiger charge is -2.26. The summed E-state index contributed by atoms with van der Waals surface area (Å²) in [5, 5.41) is 2.94. The molecule has 0 spiro atoms. The molecule has 0 unspecified atom stereocenters. The Hall–Kier alpha value is -2.91. The first-order valence-corrected chi connectivity index (χ1v) is 10.8. The summed E-state index contributed by atoms with van der Waals surface area (Å²) in [4.78, 5) is 42.3. The zero-order valence-corrected chi connectivity index (χ0v) is 17.6. The number of ether oxygens (including phenoxy) is 1. The molecule has 0 atom stereocenters. The Labute approximate surface area is 181 Å². The molecule has 164 valence electrons. The molecule has 4 heterocycles. The second-order valence-electron chi connectivity index (χ2n) is 7.78. The molecule has 2 aliphatic rings. The first kappa shape index (κ1) is 21.3. The lowest BCUT2D eigenvalue weighted by atomic mass is 10.1. The van der Waals surface area contributed by atoms with Crippen LogP contribution in [-0.4, -0.2) is 89.0 Å². The van der Waals surface area contributed by atoms with Gasteiger partial charge in [0.15, 0.2) is 5.82 Å². The van der Waals surface area contributed by atoms with Crippen molar-refractivity contribution in [2.45, 2.75) is 19.3 Å². The van der Waals surface area contributed by atoms with Gasteiger partial charge in [-0.05, 0) is 37.9 Å². The van der Waals surface area contributed by atoms with E-state index in [-0.39, 0.29) is 18.4 Å². The maximum Gasteiger partial charge on any atom is 0.257 e. The highest BCUT2D eigenvalue weighted by atomic mass is 16.5. The van der Waals surface area contributed by atoms with Gasteiger partial charge >= 0.3 is 0 Å². The van der Waals surface area contributed by atoms with Gasteiger partial charge in [-0.3, -0.25) is 19.5 Å². The quantitative estimate of drug-likeness (QED) is 0.655. The molecule has 0 aromatic carbocycles. The zero-order chi connectivity index (χ0) is 21.5. The number of nitrogens with zero attached hydrogens (tertiary/aromatic N) is 5. The third-order valence-corrected chi connectivity index (χ3v) is 5.58. The first-order valence-electron chi connectivity index (χ1n) is 10.8. The molecular formula is C22H28N6O3. The summed E-state index contributed by atoms with van der Waals surface area (Å²) in [5.74, 6) is 0.269. The van der Waals surface area contributed by atoms with Gasteiger partial charge in [-0.15, -0.1) is 0 Å². The minimum atomic E-state index is -0.183. The van der Waals surface area contributed by atoms with Crippen molar-refractivity contribution in [2.24, 2.45) is 0 Å². The smallest absolute Gasteiger partial charge is 0.257 e. The number of pyridine rings is 1. The number of carbonyl (C=O) groups excluding carboxylic acids is 2. The van der Waals surface area contributed by atoms with Crippen LogP contribution in [0.25, 0.3) is 11.4 Å². The molecule has 2 amide bonds. The Balaban J connectivity index is 1.31. The van der Waals surface area contributed by atoms with E-state index < -0.39 is 0 Å². The summed E-state index contributed by atoms with van der Waals surface area (Å²) in [6.45, 7) is 5.57. The van der Waals surface area contributed by atoms with E-state index in [0.29, 0.717) is 30.9 Å². The first-order chi connectivity index (χ1) is 15.2. The molecular weight excluding hydrogens is 396 g/mol. The molecule has 1 saturated heterocycles. The number of rotatable bonds is 7. The number of aryl methyl sites for hydroxylation is 1. The zero-order valence-electron chi connectivity index (χ0n) is 17.6. The number of hydrogen-bond donors (Lipinski definition) is 1. The Bertz CT molecular complexity index is 901. The SMILES string of the molecule is O=C(CN1CCCc2nc(-c3ccncc3)ncc2C1=O)NCCCN1CCOCC1. The van der Waals surface area contributed by atoms with Crippen LogP contribution in [0.1, 0.15) is 28.9 Å². The van der Waals surface area contributed by atoms with Crippen molar-refractivity contribution < 1.29 is 14.3 Å². The highest BCUT2D eigenvalue weighted by molar-refractivity contribution is 5.97. The molecule has 0 aliphatic carbocycles. The Kier molecular flexibility index (Phi) is 7.16. The van der Waals surface area contributed by atoms with Crippen LogP contribution < -0.4 is 5.32 Å². The van der Waals surface area contributed by atoms with Crippen molar-refractivity contribution in [3.05, 3.63) is 42.0 Å². The number of hydrogen-bond acceptors (Lipinski definition) is 7. The van der Waals surface area contributed by atoms with Gasteiger partial charge in [0.2, 0.25) is 5.91 Å². The standard InChI is InChI=1S/C22H28N6O3/c29-20(24-6-2-9-27-11-13-31-14-12-27)16-28-10-1-3-19-18(22(28)30)15-25-21(26-19)17-4-7-23-8-5-17/h4-5,7-8,15H,1-3,6,9-14,16H2,(H,24,29). The molecule has 9 nitrogen and oxygen atoms in total. The summed E-state index contributed by atoms with van der Waals surface area (Å²) < 4.78 is 5.34. The Morgan fingerprint density at radius 3 is 2.77 bits per heavy atom. The molecule has 4 rings (SSSR count). The van der Waals surface area contributed by atoms with Gasteiger partial charge in [0, 0.05) is 50.3 Å². The highest BCUT2D eigenvalue weighted by Crippen LogP contribution is 2.20. The highest BCUT2D eigenvalue weighted by Gasteiger charge is 2.26. The average molecular weight is 425 g/mol. The fraction of sp³-hybridized carbons (Fsp3) is 0.500. The van der Waals surface area contributed by atoms with Gasteiger partial charge in [0.1, 0.15) is 0 Å². The van der Waals surface area contributed by atoms with E-state index in [1.54, 1.807) is 23.5 Å². The van der Waals surface area contributed by atoms with Gasteiger partial charge in [0.25, 0.3) is 5.91 Å². The number of aromatic nitrogens is 3. The summed E-state index contributed by atoms with van der Waals surface area (Å²) in [5.41, 5.74) is 2.08. The van der Waals surface area contributed by atoms with E-state index in [4.69, 9.17) is 4.74 Å². The predicted molar refractivity (Wildman–Crippen MR) is 114 cm³/mol. The van der Waals surface area contributed by atoms with E-state index in [1.807, 2.05) is 12.1 Å². The topological polar surface area (TPSA) is 101 Å². The fourth-order valence-corrected chi connectivity index (χ4v) is 3.87. The van der Waals surface area contributed by atoms with Crippen molar-refractivity contribution in [3.63, 3.8) is 0 Å². The van der Waals surface area contributed by atoms with Crippen molar-refractivity contribution >= 4 is 11.8 Å². The summed E-state index contributed by atoms with van der Waals surface area (Å²) >= 11 is 0.